The quantitative estimate of drug-likeness (QED) is 0.138. The molecule has 2 rings (SSSR count). The zero-order valence-electron chi connectivity index (χ0n) is 22.6. The van der Waals surface area contributed by atoms with Crippen molar-refractivity contribution >= 4 is 5.91 Å². The summed E-state index contributed by atoms with van der Waals surface area (Å²) in [4.78, 5) is 12.2. The Kier molecular flexibility index (Phi) is 11.4. The molecule has 0 bridgehead atoms. The van der Waals surface area contributed by atoms with E-state index in [1.807, 2.05) is 52.8 Å². The number of hydrogen-bond acceptors (Lipinski definition) is 5. The number of nitrogens with zero attached hydrogens (tertiary/aromatic N) is 2. The molecule has 0 radical (unpaired) electrons. The van der Waals surface area contributed by atoms with Crippen molar-refractivity contribution in [2.24, 2.45) is 27.5 Å². The van der Waals surface area contributed by atoms with Crippen molar-refractivity contribution in [1.82, 2.24) is 5.32 Å². The van der Waals surface area contributed by atoms with Gasteiger partial charge in [0.05, 0.1) is 6.10 Å². The maximum absolute atomic E-state index is 12.2. The summed E-state index contributed by atoms with van der Waals surface area (Å²) in [6.45, 7) is 14.6. The van der Waals surface area contributed by atoms with Crippen molar-refractivity contribution in [2.75, 3.05) is 6.61 Å². The van der Waals surface area contributed by atoms with E-state index in [2.05, 4.69) is 65.5 Å². The first-order valence-corrected chi connectivity index (χ1v) is 12.0. The topological polar surface area (TPSA) is 135 Å². The van der Waals surface area contributed by atoms with Crippen molar-refractivity contribution in [3.05, 3.63) is 64.2 Å². The number of aliphatic hydroxyl groups excluding tert-OH is 1. The lowest BCUT2D eigenvalue weighted by atomic mass is 9.70. The number of aryl methyl sites for hydroxylation is 2. The number of rotatable bonds is 8. The number of hydrogen-bond donors (Lipinski definition) is 4. The molecule has 0 aliphatic heterocycles. The molecule has 0 saturated heterocycles. The maximum Gasteiger partial charge on any atom is 0.262 e. The van der Waals surface area contributed by atoms with Gasteiger partial charge >= 0.3 is 0 Å². The van der Waals surface area contributed by atoms with Crippen LogP contribution in [0.1, 0.15) is 80.1 Å². The summed E-state index contributed by atoms with van der Waals surface area (Å²) in [6.07, 6.45) is 6.51. The van der Waals surface area contributed by atoms with E-state index in [1.54, 1.807) is 0 Å². The molecule has 0 spiro atoms. The molecule has 2 aromatic carbocycles. The van der Waals surface area contributed by atoms with E-state index in [4.69, 9.17) is 11.2 Å². The summed E-state index contributed by atoms with van der Waals surface area (Å²) in [7, 11) is 0. The highest BCUT2D eigenvalue weighted by Crippen LogP contribution is 2.41. The fourth-order valence-corrected chi connectivity index (χ4v) is 4.11. The van der Waals surface area contributed by atoms with Gasteiger partial charge in [0.1, 0.15) is 12.4 Å². The van der Waals surface area contributed by atoms with Crippen LogP contribution >= 0.6 is 0 Å². The molecule has 1 unspecified atom stereocenters. The number of amides is 1. The Morgan fingerprint density at radius 3 is 2.00 bits per heavy atom. The van der Waals surface area contributed by atoms with E-state index in [0.29, 0.717) is 5.56 Å². The lowest BCUT2D eigenvalue weighted by molar-refractivity contribution is 0.0216. The lowest BCUT2D eigenvalue weighted by Crippen LogP contribution is -2.32. The molecule has 1 amide bonds. The molecule has 0 saturated carbocycles. The molecule has 6 N–H and O–H groups in total. The molecule has 8 heteroatoms. The summed E-state index contributed by atoms with van der Waals surface area (Å²) < 4.78 is 5.94. The van der Waals surface area contributed by atoms with Gasteiger partial charge in [0.2, 0.25) is 0 Å². The van der Waals surface area contributed by atoms with Crippen molar-refractivity contribution in [1.29, 1.82) is 0 Å². The van der Waals surface area contributed by atoms with E-state index in [-0.39, 0.29) is 23.3 Å². The Morgan fingerprint density at radius 2 is 1.58 bits per heavy atom. The normalized spacial score (nSPS) is 12.3. The third-order valence-electron chi connectivity index (χ3n) is 6.61. The van der Waals surface area contributed by atoms with Gasteiger partial charge in [0.15, 0.2) is 0 Å². The minimum atomic E-state index is -0.542. The highest BCUT2D eigenvalue weighted by atomic mass is 16.5. The van der Waals surface area contributed by atoms with Crippen molar-refractivity contribution in [3.8, 4) is 18.2 Å². The molecule has 1 atom stereocenters. The Hall–Kier alpha value is -3.57. The average Bonchev–Trinajstić information content (AvgIpc) is 2.84. The SMILES string of the molecule is C#CNC(=O)c1ccc(C(CC)(CC)c2ccc(OCC(O)C(C)(C)C)c(C)c2)cc1C.N/N=N\N. The third kappa shape index (κ3) is 7.46. The summed E-state index contributed by atoms with van der Waals surface area (Å²) in [5, 5.41) is 18.0. The van der Waals surface area contributed by atoms with Crippen LogP contribution in [0.5, 0.6) is 5.75 Å². The van der Waals surface area contributed by atoms with Gasteiger partial charge in [-0.1, -0.05) is 75.8 Å². The Bertz CT molecular complexity index is 1080. The van der Waals surface area contributed by atoms with E-state index >= 15 is 0 Å². The van der Waals surface area contributed by atoms with Crippen LogP contribution in [0, 0.1) is 31.7 Å². The van der Waals surface area contributed by atoms with Crippen LogP contribution in [0.4, 0.5) is 0 Å². The summed E-state index contributed by atoms with van der Waals surface area (Å²) in [5.74, 6) is 9.25. The molecular weight excluding hydrogens is 454 g/mol. The predicted molar refractivity (Wildman–Crippen MR) is 144 cm³/mol. The first kappa shape index (κ1) is 30.5. The van der Waals surface area contributed by atoms with Gasteiger partial charge in [-0.2, -0.15) is 0 Å². The number of nitrogens with one attached hydrogen (secondary N) is 1. The fraction of sp³-hybridized carbons (Fsp3) is 0.464. The standard InChI is InChI=1S/C28H37NO3.H4N4/c1-9-28(10-2,21-12-14-23(19(4)16-21)26(31)29-11-3)22-13-15-24(20(5)17-22)32-18-25(30)27(6,7)8;1-3-4-2/h3,12-17,25,30H,9-10,18H2,1-2,4-8H3,(H,29,31);(H2,1,4)(H2,2,3). The molecule has 2 aromatic rings. The lowest BCUT2D eigenvalue weighted by Gasteiger charge is -2.34. The number of carbonyl (C=O) groups excluding carboxylic acids is 1. The highest BCUT2D eigenvalue weighted by Gasteiger charge is 2.32. The minimum absolute atomic E-state index is 0.180. The van der Waals surface area contributed by atoms with Crippen molar-refractivity contribution in [2.45, 2.75) is 72.8 Å². The predicted octanol–water partition coefficient (Wildman–Crippen LogP) is 4.70. The Morgan fingerprint density at radius 1 is 1.06 bits per heavy atom. The van der Waals surface area contributed by atoms with Gasteiger partial charge in [-0.15, -0.1) is 0 Å². The summed E-state index contributed by atoms with van der Waals surface area (Å²) >= 11 is 0. The maximum atomic E-state index is 12.2. The largest absolute Gasteiger partial charge is 0.491 e. The van der Waals surface area contributed by atoms with Crippen LogP contribution in [0.25, 0.3) is 0 Å². The van der Waals surface area contributed by atoms with Gasteiger partial charge in [0, 0.05) is 17.0 Å². The van der Waals surface area contributed by atoms with Crippen LogP contribution in [0.15, 0.2) is 46.8 Å². The zero-order valence-corrected chi connectivity index (χ0v) is 22.6. The number of carbonyl (C=O) groups is 1. The van der Waals surface area contributed by atoms with Gasteiger partial charge in [-0.25, -0.2) is 0 Å². The second kappa shape index (κ2) is 13.5. The molecule has 0 aliphatic rings. The van der Waals surface area contributed by atoms with Gasteiger partial charge < -0.3 is 21.5 Å². The summed E-state index contributed by atoms with van der Waals surface area (Å²) in [5.41, 5.74) is 4.50. The molecule has 0 heterocycles. The van der Waals surface area contributed by atoms with Crippen LogP contribution in [0.2, 0.25) is 0 Å². The zero-order chi connectivity index (χ0) is 27.5. The Balaban J connectivity index is 0.00000150. The molecule has 0 aromatic heterocycles. The van der Waals surface area contributed by atoms with Gasteiger partial charge in [-0.3, -0.25) is 10.1 Å². The fourth-order valence-electron chi connectivity index (χ4n) is 4.11. The van der Waals surface area contributed by atoms with Crippen LogP contribution in [-0.4, -0.2) is 23.7 Å². The number of aliphatic hydroxyl groups is 1. The molecule has 36 heavy (non-hydrogen) atoms. The molecule has 196 valence electrons. The highest BCUT2D eigenvalue weighted by molar-refractivity contribution is 5.96. The number of terminal acetylenes is 1. The Labute approximate surface area is 215 Å². The van der Waals surface area contributed by atoms with E-state index in [0.717, 1.165) is 29.7 Å². The summed E-state index contributed by atoms with van der Waals surface area (Å²) in [6, 6.07) is 14.5. The third-order valence-corrected chi connectivity index (χ3v) is 6.61. The van der Waals surface area contributed by atoms with Crippen LogP contribution in [0.3, 0.4) is 0 Å². The van der Waals surface area contributed by atoms with E-state index in [9.17, 15) is 9.90 Å². The van der Waals surface area contributed by atoms with E-state index in [1.165, 1.54) is 11.1 Å². The van der Waals surface area contributed by atoms with Crippen LogP contribution < -0.4 is 21.7 Å². The molecule has 0 aliphatic carbocycles. The first-order chi connectivity index (χ1) is 16.9. The second-order valence-corrected chi connectivity index (χ2v) is 9.82. The van der Waals surface area contributed by atoms with Gasteiger partial charge in [-0.05, 0) is 66.5 Å². The number of ether oxygens (including phenoxy) is 1. The van der Waals surface area contributed by atoms with E-state index < -0.39 is 6.10 Å². The average molecular weight is 496 g/mol. The second-order valence-electron chi connectivity index (χ2n) is 9.82. The van der Waals surface area contributed by atoms with Crippen LogP contribution in [-0.2, 0) is 5.41 Å². The monoisotopic (exact) mass is 495 g/mol. The number of nitrogens with two attached hydrogens (primary N) is 2. The minimum Gasteiger partial charge on any atom is -0.491 e. The van der Waals surface area contributed by atoms with Crippen molar-refractivity contribution < 1.29 is 14.6 Å². The van der Waals surface area contributed by atoms with Gasteiger partial charge in [0.25, 0.3) is 5.91 Å². The molecule has 8 nitrogen and oxygen atoms in total. The molecular formula is C28H41N5O3. The first-order valence-electron chi connectivity index (χ1n) is 12.0. The smallest absolute Gasteiger partial charge is 0.262 e. The van der Waals surface area contributed by atoms with Crippen molar-refractivity contribution in [3.63, 3.8) is 0 Å². The molecule has 0 fully saturated rings. The number of benzene rings is 2.